The molecule has 0 radical (unpaired) electrons. The molecule has 2 saturated carbocycles. The Morgan fingerprint density at radius 3 is 2.51 bits per heavy atom. The molecule has 1 N–H and O–H groups in total. The molecule has 3 aromatic rings. The molecule has 3 nitrogen and oxygen atoms in total. The Kier molecular flexibility index (Phi) is 7.06. The van der Waals surface area contributed by atoms with E-state index in [-0.39, 0.29) is 24.5 Å². The Bertz CT molecular complexity index is 1800. The number of ketones is 1. The first-order valence-corrected chi connectivity index (χ1v) is 16.3. The molecule has 236 valence electrons. The molecule has 0 spiro atoms. The van der Waals surface area contributed by atoms with Crippen molar-refractivity contribution in [1.82, 2.24) is 4.98 Å². The van der Waals surface area contributed by atoms with E-state index in [4.69, 9.17) is 0 Å². The predicted octanol–water partition coefficient (Wildman–Crippen LogP) is 9.60. The molecule has 2 fully saturated rings. The van der Waals surface area contributed by atoms with Crippen molar-refractivity contribution in [3.05, 3.63) is 87.0 Å². The lowest BCUT2D eigenvalue weighted by molar-refractivity contribution is -0.362. The Morgan fingerprint density at radius 2 is 1.76 bits per heavy atom. The van der Waals surface area contributed by atoms with Crippen LogP contribution in [0, 0.1) is 24.2 Å². The monoisotopic (exact) mass is 639 g/mol. The van der Waals surface area contributed by atoms with Crippen LogP contribution in [0.1, 0.15) is 79.5 Å². The first-order chi connectivity index (χ1) is 21.2. The summed E-state index contributed by atoms with van der Waals surface area (Å²) in [5, 5.41) is 12.5. The van der Waals surface area contributed by atoms with Gasteiger partial charge in [0.2, 0.25) is 0 Å². The lowest BCUT2D eigenvalue weighted by atomic mass is 9.50. The summed E-state index contributed by atoms with van der Waals surface area (Å²) in [6.45, 7) is 3.42. The van der Waals surface area contributed by atoms with E-state index in [9.17, 15) is 23.1 Å². The maximum Gasteiger partial charge on any atom is 0.456 e. The largest absolute Gasteiger partial charge is 0.456 e. The zero-order valence-corrected chi connectivity index (χ0v) is 25.9. The first-order valence-electron chi connectivity index (χ1n) is 15.5. The molecule has 4 aliphatic carbocycles. The lowest BCUT2D eigenvalue weighted by Crippen LogP contribution is -2.65. The molecule has 2 aromatic carbocycles. The van der Waals surface area contributed by atoms with Gasteiger partial charge in [-0.25, -0.2) is 4.98 Å². The standard InChI is InChI=1S/C36H34F5NO2S/c1-20-42-30-17-22(8-13-31(30)45-20)7-6-21-4-3-5-23(16-21)28-19-33(2)29(14-15-34(33,44)35(37,38)36(39,40)41)27-11-9-24-18-25(43)10-12-26(24)32(27)28/h3-8,13,16-18,27-29,44H,9-12,14-15,19H2,1-2H3/t27-,28+,29-,33-,34-/m0/s1. The molecule has 1 aromatic heterocycles. The minimum absolute atomic E-state index is 0.0383. The summed E-state index contributed by atoms with van der Waals surface area (Å²) >= 11 is 1.63. The van der Waals surface area contributed by atoms with Gasteiger partial charge in [-0.15, -0.1) is 11.3 Å². The van der Waals surface area contributed by atoms with E-state index >= 15 is 8.78 Å². The van der Waals surface area contributed by atoms with E-state index in [0.717, 1.165) is 48.6 Å². The van der Waals surface area contributed by atoms with Crippen molar-refractivity contribution in [3.8, 4) is 0 Å². The number of carbonyl (C=O) groups excluding carboxylic acids is 1. The van der Waals surface area contributed by atoms with Crippen LogP contribution < -0.4 is 0 Å². The number of aliphatic hydroxyl groups is 1. The van der Waals surface area contributed by atoms with Crippen LogP contribution >= 0.6 is 11.3 Å². The van der Waals surface area contributed by atoms with Gasteiger partial charge < -0.3 is 5.11 Å². The van der Waals surface area contributed by atoms with Crippen molar-refractivity contribution >= 4 is 39.5 Å². The third-order valence-corrected chi connectivity index (χ3v) is 12.0. The lowest BCUT2D eigenvalue weighted by Gasteiger charge is -2.56. The average molecular weight is 640 g/mol. The highest BCUT2D eigenvalue weighted by molar-refractivity contribution is 7.18. The fourth-order valence-electron chi connectivity index (χ4n) is 8.95. The molecule has 0 bridgehead atoms. The molecule has 0 amide bonds. The van der Waals surface area contributed by atoms with Gasteiger partial charge >= 0.3 is 12.1 Å². The number of aromatic nitrogens is 1. The summed E-state index contributed by atoms with van der Waals surface area (Å²) < 4.78 is 73.3. The maximum absolute atomic E-state index is 15.3. The Labute approximate surface area is 262 Å². The van der Waals surface area contributed by atoms with E-state index in [0.29, 0.717) is 25.7 Å². The van der Waals surface area contributed by atoms with E-state index in [1.165, 1.54) is 6.92 Å². The minimum atomic E-state index is -5.87. The number of hydrogen-bond donors (Lipinski definition) is 1. The molecule has 0 aliphatic heterocycles. The Morgan fingerprint density at radius 1 is 1.00 bits per heavy atom. The molecule has 0 saturated heterocycles. The summed E-state index contributed by atoms with van der Waals surface area (Å²) in [4.78, 5) is 16.9. The molecule has 1 heterocycles. The Balaban J connectivity index is 1.32. The highest BCUT2D eigenvalue weighted by Gasteiger charge is 2.79. The van der Waals surface area contributed by atoms with Crippen LogP contribution in [0.15, 0.2) is 65.3 Å². The van der Waals surface area contributed by atoms with Gasteiger partial charge in [-0.05, 0) is 103 Å². The summed E-state index contributed by atoms with van der Waals surface area (Å²) in [7, 11) is 0. The zero-order chi connectivity index (χ0) is 31.9. The number of benzene rings is 2. The van der Waals surface area contributed by atoms with E-state index in [1.807, 2.05) is 61.5 Å². The van der Waals surface area contributed by atoms with Crippen LogP contribution in [0.4, 0.5) is 22.0 Å². The number of rotatable bonds is 4. The third kappa shape index (κ3) is 4.67. The maximum atomic E-state index is 15.3. The van der Waals surface area contributed by atoms with Gasteiger partial charge in [0.1, 0.15) is 5.60 Å². The SMILES string of the molecule is Cc1nc2cc(C=Cc3cccc([C@H]4C[C@@]5(C)[C@@H](CC[C@@]5(O)C(F)(F)C(F)(F)F)[C@@H]5CCC6=CC(=O)CCC6=C54)c3)ccc2s1. The second kappa shape index (κ2) is 10.4. The van der Waals surface area contributed by atoms with Crippen molar-refractivity contribution in [2.75, 3.05) is 0 Å². The Hall–Kier alpha value is -3.17. The predicted molar refractivity (Wildman–Crippen MR) is 166 cm³/mol. The second-order valence-electron chi connectivity index (χ2n) is 13.4. The van der Waals surface area contributed by atoms with Gasteiger partial charge in [-0.2, -0.15) is 22.0 Å². The number of allylic oxidation sites excluding steroid dienone is 4. The van der Waals surface area contributed by atoms with E-state index in [2.05, 4.69) is 4.98 Å². The topological polar surface area (TPSA) is 50.2 Å². The summed E-state index contributed by atoms with van der Waals surface area (Å²) in [6, 6.07) is 13.8. The molecular formula is C36H34F5NO2S. The fourth-order valence-corrected chi connectivity index (χ4v) is 9.76. The summed E-state index contributed by atoms with van der Waals surface area (Å²) in [5.74, 6) is -6.44. The van der Waals surface area contributed by atoms with Crippen molar-refractivity contribution in [2.45, 2.75) is 82.4 Å². The quantitative estimate of drug-likeness (QED) is 0.229. The third-order valence-electron chi connectivity index (χ3n) is 11.1. The average Bonchev–Trinajstić information content (AvgIpc) is 3.50. The number of fused-ring (bicyclic) bond motifs is 5. The molecular weight excluding hydrogens is 605 g/mol. The minimum Gasteiger partial charge on any atom is -0.383 e. The van der Waals surface area contributed by atoms with Crippen LogP contribution in [-0.4, -0.2) is 33.6 Å². The van der Waals surface area contributed by atoms with Crippen LogP contribution in [0.2, 0.25) is 0 Å². The van der Waals surface area contributed by atoms with E-state index < -0.39 is 41.4 Å². The first kappa shape index (κ1) is 30.5. The fraction of sp³-hybridized carbons (Fsp3) is 0.444. The van der Waals surface area contributed by atoms with Crippen LogP contribution in [0.5, 0.6) is 0 Å². The van der Waals surface area contributed by atoms with Crippen molar-refractivity contribution in [2.24, 2.45) is 17.3 Å². The number of aryl methyl sites for hydroxylation is 1. The molecule has 7 rings (SSSR count). The normalized spacial score (nSPS) is 30.4. The highest BCUT2D eigenvalue weighted by atomic mass is 32.1. The van der Waals surface area contributed by atoms with Gasteiger partial charge in [-0.3, -0.25) is 4.79 Å². The summed E-state index contributed by atoms with van der Waals surface area (Å²) in [5.41, 5.74) is 1.76. The van der Waals surface area contributed by atoms with Crippen molar-refractivity contribution < 1.29 is 31.9 Å². The number of thiazole rings is 1. The van der Waals surface area contributed by atoms with Gasteiger partial charge in [0.25, 0.3) is 0 Å². The molecule has 0 unspecified atom stereocenters. The van der Waals surface area contributed by atoms with Crippen molar-refractivity contribution in [3.63, 3.8) is 0 Å². The van der Waals surface area contributed by atoms with Crippen LogP contribution in [0.3, 0.4) is 0 Å². The summed E-state index contributed by atoms with van der Waals surface area (Å²) in [6.07, 6.45) is 1.23. The zero-order valence-electron chi connectivity index (χ0n) is 25.1. The van der Waals surface area contributed by atoms with Crippen molar-refractivity contribution in [1.29, 1.82) is 0 Å². The molecule has 9 heteroatoms. The van der Waals surface area contributed by atoms with Gasteiger partial charge in [-0.1, -0.05) is 55.0 Å². The number of hydrogen-bond acceptors (Lipinski definition) is 4. The van der Waals surface area contributed by atoms with E-state index in [1.54, 1.807) is 17.4 Å². The van der Waals surface area contributed by atoms with Crippen LogP contribution in [0.25, 0.3) is 22.4 Å². The highest BCUT2D eigenvalue weighted by Crippen LogP contribution is 2.70. The molecule has 4 aliphatic rings. The molecule has 45 heavy (non-hydrogen) atoms. The molecule has 5 atom stereocenters. The van der Waals surface area contributed by atoms with Crippen LogP contribution in [-0.2, 0) is 4.79 Å². The van der Waals surface area contributed by atoms with Gasteiger partial charge in [0.05, 0.1) is 15.2 Å². The number of carbonyl (C=O) groups is 1. The number of nitrogens with zero attached hydrogens (tertiary/aromatic N) is 1. The second-order valence-corrected chi connectivity index (χ2v) is 14.7. The number of alkyl halides is 5. The smallest absolute Gasteiger partial charge is 0.383 e. The van der Waals surface area contributed by atoms with Gasteiger partial charge in [0, 0.05) is 17.8 Å². The van der Waals surface area contributed by atoms with Gasteiger partial charge in [0.15, 0.2) is 5.78 Å². The number of halogens is 5.